The summed E-state index contributed by atoms with van der Waals surface area (Å²) >= 11 is 0. The van der Waals surface area contributed by atoms with E-state index in [1.165, 1.54) is 6.08 Å². The van der Waals surface area contributed by atoms with Gasteiger partial charge in [0.15, 0.2) is 0 Å². The van der Waals surface area contributed by atoms with E-state index >= 15 is 0 Å². The molecule has 3 amide bonds. The summed E-state index contributed by atoms with van der Waals surface area (Å²) in [6, 6.07) is -1.03. The maximum Gasteiger partial charge on any atom is 0.278 e. The molecular formula is C9H13N3O5. The van der Waals surface area contributed by atoms with Crippen molar-refractivity contribution in [1.29, 1.82) is 0 Å². The van der Waals surface area contributed by atoms with Gasteiger partial charge in [0.2, 0.25) is 12.3 Å². The summed E-state index contributed by atoms with van der Waals surface area (Å²) in [5.41, 5.74) is 6.92. The molecule has 17 heavy (non-hydrogen) atoms. The number of hydrogen-bond donors (Lipinski definition) is 2. The zero-order valence-corrected chi connectivity index (χ0v) is 9.16. The van der Waals surface area contributed by atoms with Crippen LogP contribution < -0.4 is 11.2 Å². The van der Waals surface area contributed by atoms with Crippen molar-refractivity contribution in [2.75, 3.05) is 0 Å². The number of allylic oxidation sites excluding steroid dienone is 1. The van der Waals surface area contributed by atoms with Crippen molar-refractivity contribution in [2.45, 2.75) is 19.4 Å². The van der Waals surface area contributed by atoms with E-state index in [0.717, 1.165) is 6.08 Å². The van der Waals surface area contributed by atoms with Crippen molar-refractivity contribution in [3.8, 4) is 0 Å². The lowest BCUT2D eigenvalue weighted by Crippen LogP contribution is -2.41. The zero-order chi connectivity index (χ0) is 13.3. The Morgan fingerprint density at radius 3 is 2.53 bits per heavy atom. The highest BCUT2D eigenvalue weighted by Gasteiger charge is 2.15. The van der Waals surface area contributed by atoms with Crippen LogP contribution in [0.4, 0.5) is 0 Å². The number of hydroxylamine groups is 3. The third kappa shape index (κ3) is 6.17. The highest BCUT2D eigenvalue weighted by atomic mass is 16.8. The standard InChI is InChI=1S/C9H13N3O5/c1-2-3-9(16)12(6-14)17-11-7(5-13)4-8(10)15/h2-3,5-7,11H,4H2,1H3,(H2,10,15)/b3-2-. The summed E-state index contributed by atoms with van der Waals surface area (Å²) in [4.78, 5) is 47.2. The normalized spacial score (nSPS) is 12.1. The Balaban J connectivity index is 4.29. The van der Waals surface area contributed by atoms with E-state index in [1.807, 2.05) is 0 Å². The molecule has 1 unspecified atom stereocenters. The number of rotatable bonds is 8. The van der Waals surface area contributed by atoms with Crippen LogP contribution in [0.3, 0.4) is 0 Å². The number of nitrogens with two attached hydrogens (primary N) is 1. The van der Waals surface area contributed by atoms with Gasteiger partial charge in [-0.1, -0.05) is 6.08 Å². The molecule has 0 radical (unpaired) electrons. The van der Waals surface area contributed by atoms with Gasteiger partial charge >= 0.3 is 0 Å². The Morgan fingerprint density at radius 2 is 2.12 bits per heavy atom. The summed E-state index contributed by atoms with van der Waals surface area (Å²) < 4.78 is 0. The highest BCUT2D eigenvalue weighted by Crippen LogP contribution is 1.92. The summed E-state index contributed by atoms with van der Waals surface area (Å²) in [6.07, 6.45) is 2.66. The van der Waals surface area contributed by atoms with Crippen molar-refractivity contribution in [3.05, 3.63) is 12.2 Å². The molecule has 0 heterocycles. The quantitative estimate of drug-likeness (QED) is 0.302. The fraction of sp³-hybridized carbons (Fsp3) is 0.333. The number of nitrogens with one attached hydrogen (secondary N) is 1. The van der Waals surface area contributed by atoms with Crippen LogP contribution in [0.5, 0.6) is 0 Å². The van der Waals surface area contributed by atoms with Crippen LogP contribution in [-0.4, -0.2) is 35.6 Å². The van der Waals surface area contributed by atoms with Crippen LogP contribution >= 0.6 is 0 Å². The van der Waals surface area contributed by atoms with Crippen molar-refractivity contribution in [1.82, 2.24) is 10.5 Å². The van der Waals surface area contributed by atoms with Crippen LogP contribution in [0.15, 0.2) is 12.2 Å². The van der Waals surface area contributed by atoms with Gasteiger partial charge in [-0.3, -0.25) is 14.4 Å². The number of hydrogen-bond acceptors (Lipinski definition) is 6. The van der Waals surface area contributed by atoms with E-state index in [-0.39, 0.29) is 12.8 Å². The molecule has 0 aromatic carbocycles. The van der Waals surface area contributed by atoms with Crippen LogP contribution in [0.2, 0.25) is 0 Å². The van der Waals surface area contributed by atoms with Gasteiger partial charge in [-0.15, -0.1) is 5.06 Å². The predicted molar refractivity (Wildman–Crippen MR) is 55.6 cm³/mol. The topological polar surface area (TPSA) is 119 Å². The van der Waals surface area contributed by atoms with Crippen LogP contribution in [0, 0.1) is 0 Å². The Hall–Kier alpha value is -2.06. The van der Waals surface area contributed by atoms with Gasteiger partial charge < -0.3 is 10.5 Å². The van der Waals surface area contributed by atoms with Gasteiger partial charge in [-0.05, 0) is 6.92 Å². The average Bonchev–Trinajstić information content (AvgIpc) is 2.28. The molecule has 0 fully saturated rings. The Kier molecular flexibility index (Phi) is 7.15. The molecule has 3 N–H and O–H groups in total. The molecule has 1 atom stereocenters. The van der Waals surface area contributed by atoms with E-state index in [1.54, 1.807) is 6.92 Å². The summed E-state index contributed by atoms with van der Waals surface area (Å²) in [6.45, 7) is 1.58. The fourth-order valence-electron chi connectivity index (χ4n) is 0.793. The predicted octanol–water partition coefficient (Wildman–Crippen LogP) is -1.57. The van der Waals surface area contributed by atoms with E-state index in [2.05, 4.69) is 10.4 Å². The first-order valence-corrected chi connectivity index (χ1v) is 4.62. The average molecular weight is 243 g/mol. The Morgan fingerprint density at radius 1 is 1.47 bits per heavy atom. The van der Waals surface area contributed by atoms with Crippen LogP contribution in [-0.2, 0) is 24.1 Å². The molecule has 0 aliphatic carbocycles. The number of carbonyl (C=O) groups is 4. The fourth-order valence-corrected chi connectivity index (χ4v) is 0.793. The molecule has 0 aromatic heterocycles. The first-order valence-electron chi connectivity index (χ1n) is 4.62. The van der Waals surface area contributed by atoms with Gasteiger partial charge in [0.1, 0.15) is 6.29 Å². The van der Waals surface area contributed by atoms with Gasteiger partial charge in [0.05, 0.1) is 12.5 Å². The smallest absolute Gasteiger partial charge is 0.278 e. The van der Waals surface area contributed by atoms with E-state index < -0.39 is 17.9 Å². The molecular weight excluding hydrogens is 230 g/mol. The van der Waals surface area contributed by atoms with Crippen molar-refractivity contribution >= 4 is 24.5 Å². The van der Waals surface area contributed by atoms with Crippen molar-refractivity contribution in [3.63, 3.8) is 0 Å². The first-order chi connectivity index (χ1) is 8.04. The number of aldehydes is 1. The number of amides is 3. The van der Waals surface area contributed by atoms with Crippen LogP contribution in [0.1, 0.15) is 13.3 Å². The van der Waals surface area contributed by atoms with Crippen molar-refractivity contribution in [2.24, 2.45) is 5.73 Å². The van der Waals surface area contributed by atoms with E-state index in [9.17, 15) is 19.2 Å². The summed E-state index contributed by atoms with van der Waals surface area (Å²) in [5.74, 6) is -1.46. The van der Waals surface area contributed by atoms with E-state index in [0.29, 0.717) is 11.3 Å². The second kappa shape index (κ2) is 8.13. The maximum atomic E-state index is 11.2. The third-order valence-electron chi connectivity index (χ3n) is 1.51. The molecule has 0 aromatic rings. The van der Waals surface area contributed by atoms with Crippen molar-refractivity contribution < 1.29 is 24.1 Å². The minimum Gasteiger partial charge on any atom is -0.370 e. The maximum absolute atomic E-state index is 11.2. The molecule has 94 valence electrons. The summed E-state index contributed by atoms with van der Waals surface area (Å²) in [7, 11) is 0. The Labute approximate surface area is 97.3 Å². The SMILES string of the molecule is C/C=C\C(=O)N(C=O)ONC(C=O)CC(N)=O. The molecule has 0 saturated heterocycles. The number of primary amides is 1. The molecule has 0 bridgehead atoms. The molecule has 8 nitrogen and oxygen atoms in total. The molecule has 0 aliphatic heterocycles. The molecule has 0 saturated carbocycles. The number of nitrogens with zero attached hydrogens (tertiary/aromatic N) is 1. The Bertz CT molecular complexity index is 329. The largest absolute Gasteiger partial charge is 0.370 e. The lowest BCUT2D eigenvalue weighted by Gasteiger charge is -2.15. The monoisotopic (exact) mass is 243 g/mol. The van der Waals surface area contributed by atoms with Crippen LogP contribution in [0.25, 0.3) is 0 Å². The summed E-state index contributed by atoms with van der Waals surface area (Å²) in [5, 5.41) is 0.331. The molecule has 0 rings (SSSR count). The molecule has 0 aliphatic rings. The molecule has 0 spiro atoms. The zero-order valence-electron chi connectivity index (χ0n) is 9.16. The second-order valence-electron chi connectivity index (χ2n) is 2.89. The lowest BCUT2D eigenvalue weighted by atomic mass is 10.2. The minimum absolute atomic E-state index is 0.113. The number of carbonyl (C=O) groups excluding carboxylic acids is 4. The lowest BCUT2D eigenvalue weighted by molar-refractivity contribution is -0.207. The van der Waals surface area contributed by atoms with Gasteiger partial charge in [0, 0.05) is 6.08 Å². The first kappa shape index (κ1) is 14.9. The van der Waals surface area contributed by atoms with Gasteiger partial charge in [-0.25, -0.2) is 0 Å². The number of imide groups is 1. The second-order valence-corrected chi connectivity index (χ2v) is 2.89. The minimum atomic E-state index is -1.03. The molecule has 8 heteroatoms. The third-order valence-corrected chi connectivity index (χ3v) is 1.51. The van der Waals surface area contributed by atoms with Gasteiger partial charge in [-0.2, -0.15) is 10.4 Å². The van der Waals surface area contributed by atoms with Gasteiger partial charge in [0.25, 0.3) is 5.91 Å². The van der Waals surface area contributed by atoms with E-state index in [4.69, 9.17) is 5.73 Å². The highest BCUT2D eigenvalue weighted by molar-refractivity contribution is 5.93.